The van der Waals surface area contributed by atoms with Gasteiger partial charge in [-0.05, 0) is 83.8 Å². The first-order valence-corrected chi connectivity index (χ1v) is 20.6. The molecule has 1 unspecified atom stereocenters. The van der Waals surface area contributed by atoms with Gasteiger partial charge in [-0.15, -0.1) is 0 Å². The Morgan fingerprint density at radius 2 is 1.65 bits per heavy atom. The topological polar surface area (TPSA) is 189 Å². The monoisotopic (exact) mass is 848 g/mol. The molecule has 6 aromatic rings. The van der Waals surface area contributed by atoms with Gasteiger partial charge in [0.15, 0.2) is 28.6 Å². The van der Waals surface area contributed by atoms with Gasteiger partial charge in [0.1, 0.15) is 6.61 Å². The number of fused-ring (bicyclic) bond motifs is 8. The maximum absolute atomic E-state index is 13.9. The fraction of sp³-hybridized carbons (Fsp3) is 0.271. The largest absolute Gasteiger partial charge is 0.502 e. The van der Waals surface area contributed by atoms with Gasteiger partial charge in [-0.3, -0.25) is 14.6 Å². The lowest BCUT2D eigenvalue weighted by atomic mass is 9.65. The molecule has 6 heterocycles. The third-order valence-electron chi connectivity index (χ3n) is 13.2. The normalized spacial score (nSPS) is 22.5. The number of nitrogens with zero attached hydrogens (tertiary/aromatic N) is 3. The summed E-state index contributed by atoms with van der Waals surface area (Å²) in [6.45, 7) is 1.96. The van der Waals surface area contributed by atoms with Crippen LogP contribution in [0.4, 0.5) is 11.4 Å². The van der Waals surface area contributed by atoms with Crippen LogP contribution in [0.5, 0.6) is 28.7 Å². The van der Waals surface area contributed by atoms with Crippen molar-refractivity contribution in [2.45, 2.75) is 44.1 Å². The molecule has 318 valence electrons. The van der Waals surface area contributed by atoms with E-state index in [0.29, 0.717) is 39.7 Å². The van der Waals surface area contributed by atoms with Gasteiger partial charge in [-0.2, -0.15) is 0 Å². The van der Waals surface area contributed by atoms with Crippen LogP contribution in [0.25, 0.3) is 22.3 Å². The number of anilines is 1. The minimum absolute atomic E-state index is 0.0503. The number of phenolic OH excluding ortho intramolecular Hbond substituents is 1. The molecule has 5 aliphatic rings. The van der Waals surface area contributed by atoms with Crippen LogP contribution in [-0.2, 0) is 37.8 Å². The number of nitrogens with one attached hydrogen (secondary N) is 1. The van der Waals surface area contributed by atoms with Gasteiger partial charge in [0, 0.05) is 45.8 Å². The van der Waals surface area contributed by atoms with Crippen molar-refractivity contribution in [1.82, 2.24) is 9.55 Å². The number of aromatic hydroxyl groups is 1. The van der Waals surface area contributed by atoms with Crippen molar-refractivity contribution in [3.05, 3.63) is 128 Å². The van der Waals surface area contributed by atoms with E-state index in [4.69, 9.17) is 38.4 Å². The number of cyclic esters (lactones) is 2. The molecule has 63 heavy (non-hydrogen) atoms. The Morgan fingerprint density at radius 1 is 0.921 bits per heavy atom. The first-order valence-electron chi connectivity index (χ1n) is 20.6. The highest BCUT2D eigenvalue weighted by molar-refractivity contribution is 6.03. The summed E-state index contributed by atoms with van der Waals surface area (Å²) in [5.74, 6) is -0.978. The first kappa shape index (κ1) is 38.5. The van der Waals surface area contributed by atoms with Gasteiger partial charge in [0.05, 0.1) is 67.5 Å². The fourth-order valence-corrected chi connectivity index (χ4v) is 10.0. The van der Waals surface area contributed by atoms with Crippen molar-refractivity contribution in [3.63, 3.8) is 0 Å². The van der Waals surface area contributed by atoms with Crippen LogP contribution in [0.1, 0.15) is 64.2 Å². The van der Waals surface area contributed by atoms with Crippen molar-refractivity contribution in [2.24, 2.45) is 16.8 Å². The molecule has 1 saturated heterocycles. The number of methoxy groups -OCH3 is 2. The van der Waals surface area contributed by atoms with Crippen LogP contribution in [0.3, 0.4) is 0 Å². The molecule has 3 N–H and O–H groups in total. The highest BCUT2D eigenvalue weighted by atomic mass is 16.7. The third-order valence-corrected chi connectivity index (χ3v) is 13.2. The Hall–Kier alpha value is -7.39. The average Bonchev–Trinajstić information content (AvgIpc) is 4.03. The van der Waals surface area contributed by atoms with Gasteiger partial charge in [-0.25, -0.2) is 9.78 Å². The van der Waals surface area contributed by atoms with Gasteiger partial charge in [0.2, 0.25) is 12.5 Å². The lowest BCUT2D eigenvalue weighted by molar-refractivity contribution is -0.172. The summed E-state index contributed by atoms with van der Waals surface area (Å²) in [5.41, 5.74) is 5.58. The van der Waals surface area contributed by atoms with E-state index in [1.165, 1.54) is 14.2 Å². The van der Waals surface area contributed by atoms with Gasteiger partial charge < -0.3 is 48.5 Å². The number of hydrogen-bond donors (Lipinski definition) is 3. The highest BCUT2D eigenvalue weighted by Crippen LogP contribution is 2.56. The molecule has 15 heteroatoms. The smallest absolute Gasteiger partial charge is 0.343 e. The zero-order valence-corrected chi connectivity index (χ0v) is 34.3. The SMILES string of the molecule is CC[C@@]1(O)C(=O)OCc2c1cc1n(c2=O)Cc2c-1nc1ccccc1c2C=Nc1ccc(NC2c3cc4c(cc3[C@@H](c3cc(OC)c(O)c(OC)c3)[C@H]3C(=O)OC[C@H]23)OCO4)cc1. The number of para-hydroxylation sites is 1. The number of phenols is 1. The zero-order valence-electron chi connectivity index (χ0n) is 34.3. The number of aliphatic hydroxyl groups is 1. The van der Waals surface area contributed by atoms with Crippen molar-refractivity contribution in [1.29, 1.82) is 0 Å². The Kier molecular flexibility index (Phi) is 8.77. The summed E-state index contributed by atoms with van der Waals surface area (Å²) < 4.78 is 35.3. The van der Waals surface area contributed by atoms with Crippen molar-refractivity contribution < 1.29 is 48.2 Å². The van der Waals surface area contributed by atoms with Gasteiger partial charge >= 0.3 is 11.9 Å². The Labute approximate surface area is 359 Å². The number of carbonyl (C=O) groups is 2. The Morgan fingerprint density at radius 3 is 2.38 bits per heavy atom. The van der Waals surface area contributed by atoms with Crippen LogP contribution in [0.15, 0.2) is 88.6 Å². The summed E-state index contributed by atoms with van der Waals surface area (Å²) in [6.07, 6.45) is 1.84. The van der Waals surface area contributed by atoms with Crippen LogP contribution >= 0.6 is 0 Å². The quantitative estimate of drug-likeness (QED) is 0.113. The number of aliphatic imine (C=N–C) groups is 1. The molecular formula is C48H40N4O11. The molecule has 4 aliphatic heterocycles. The van der Waals surface area contributed by atoms with Crippen molar-refractivity contribution in [2.75, 3.05) is 32.9 Å². The summed E-state index contributed by atoms with van der Waals surface area (Å²) in [7, 11) is 2.93. The third kappa shape index (κ3) is 5.79. The number of esters is 2. The molecule has 1 aliphatic carbocycles. The standard InChI is InChI=1S/C48H40N4O11/c1-4-48(57)33-17-35-43-30(19-52(35)45(54)31(33)20-61-47(48)56)29(26-7-5-6-8-34(26)51-43)18-49-24-9-11-25(12-10-24)50-42-28-16-37-36(62-22-63-37)15-27(28)40(41-32(42)21-60-46(41)55)23-13-38(58-2)44(53)39(14-23)59-3/h5-18,32,40-42,50,53,57H,4,19-22H2,1-3H3/t32-,40+,41-,42?,48-/m0/s1. The van der Waals surface area contributed by atoms with Crippen LogP contribution in [-0.4, -0.2) is 65.5 Å². The first-order chi connectivity index (χ1) is 30.6. The number of pyridine rings is 2. The fourth-order valence-electron chi connectivity index (χ4n) is 10.0. The molecule has 5 atom stereocenters. The zero-order chi connectivity index (χ0) is 43.3. The van der Waals surface area contributed by atoms with E-state index >= 15 is 0 Å². The van der Waals surface area contributed by atoms with E-state index in [2.05, 4.69) is 5.32 Å². The molecule has 1 fully saturated rings. The summed E-state index contributed by atoms with van der Waals surface area (Å²) in [4.78, 5) is 50.2. The Balaban J connectivity index is 0.938. The second-order valence-corrected chi connectivity index (χ2v) is 16.3. The number of ether oxygens (including phenoxy) is 6. The van der Waals surface area contributed by atoms with E-state index < -0.39 is 23.4 Å². The lowest BCUT2D eigenvalue weighted by Gasteiger charge is -2.40. The molecule has 0 saturated carbocycles. The predicted octanol–water partition coefficient (Wildman–Crippen LogP) is 6.37. The van der Waals surface area contributed by atoms with E-state index in [1.54, 1.807) is 35.9 Å². The molecule has 4 aromatic carbocycles. The maximum atomic E-state index is 13.9. The number of carbonyl (C=O) groups excluding carboxylic acids is 2. The minimum Gasteiger partial charge on any atom is -0.502 e. The van der Waals surface area contributed by atoms with Crippen molar-refractivity contribution in [3.8, 4) is 40.1 Å². The summed E-state index contributed by atoms with van der Waals surface area (Å²) in [5, 5.41) is 26.7. The summed E-state index contributed by atoms with van der Waals surface area (Å²) >= 11 is 0. The number of rotatable bonds is 8. The lowest BCUT2D eigenvalue weighted by Crippen LogP contribution is -2.44. The molecule has 2 aromatic heterocycles. The van der Waals surface area contributed by atoms with E-state index in [-0.39, 0.29) is 84.8 Å². The average molecular weight is 849 g/mol. The molecule has 0 radical (unpaired) electrons. The van der Waals surface area contributed by atoms with Crippen LogP contribution < -0.4 is 29.8 Å². The van der Waals surface area contributed by atoms with Crippen LogP contribution in [0, 0.1) is 11.8 Å². The van der Waals surface area contributed by atoms with Crippen LogP contribution in [0.2, 0.25) is 0 Å². The molecule has 0 spiro atoms. The second kappa shape index (κ2) is 14.3. The second-order valence-electron chi connectivity index (χ2n) is 16.3. The number of aromatic nitrogens is 2. The molecular weight excluding hydrogens is 809 g/mol. The highest BCUT2D eigenvalue weighted by Gasteiger charge is 2.53. The van der Waals surface area contributed by atoms with E-state index in [1.807, 2.05) is 60.7 Å². The van der Waals surface area contributed by atoms with E-state index in [0.717, 1.165) is 33.3 Å². The van der Waals surface area contributed by atoms with Gasteiger partial charge in [0.25, 0.3) is 5.56 Å². The molecule has 15 nitrogen and oxygen atoms in total. The van der Waals surface area contributed by atoms with Crippen molar-refractivity contribution >= 4 is 40.4 Å². The predicted molar refractivity (Wildman–Crippen MR) is 228 cm³/mol. The Bertz CT molecular complexity index is 3010. The number of hydrogen-bond acceptors (Lipinski definition) is 14. The maximum Gasteiger partial charge on any atom is 0.343 e. The minimum atomic E-state index is -1.93. The molecule has 0 bridgehead atoms. The summed E-state index contributed by atoms with van der Waals surface area (Å²) in [6, 6.07) is 24.0. The molecule has 11 rings (SSSR count). The van der Waals surface area contributed by atoms with E-state index in [9.17, 15) is 24.6 Å². The molecule has 0 amide bonds. The van der Waals surface area contributed by atoms with Gasteiger partial charge in [-0.1, -0.05) is 25.1 Å². The number of benzene rings is 4.